The van der Waals surface area contributed by atoms with Gasteiger partial charge >= 0.3 is 0 Å². The molecule has 2 rings (SSSR count). The Bertz CT molecular complexity index is 864. The van der Waals surface area contributed by atoms with Gasteiger partial charge in [0, 0.05) is 11.4 Å². The third-order valence-corrected chi connectivity index (χ3v) is 6.17. The summed E-state index contributed by atoms with van der Waals surface area (Å²) in [5.74, 6) is 0.896. The van der Waals surface area contributed by atoms with Gasteiger partial charge in [-0.25, -0.2) is 13.1 Å². The van der Waals surface area contributed by atoms with E-state index in [1.807, 2.05) is 25.1 Å². The van der Waals surface area contributed by atoms with Gasteiger partial charge in [0.05, 0.1) is 10.6 Å². The molecule has 0 aliphatic rings. The molecule has 2 N–H and O–H groups in total. The van der Waals surface area contributed by atoms with E-state index in [0.717, 1.165) is 5.75 Å². The Hall–Kier alpha value is -1.83. The first-order valence-corrected chi connectivity index (χ1v) is 10.4. The molecule has 7 heteroatoms. The van der Waals surface area contributed by atoms with E-state index >= 15 is 0 Å². The van der Waals surface area contributed by atoms with E-state index in [-0.39, 0.29) is 10.8 Å². The van der Waals surface area contributed by atoms with Crippen LogP contribution in [0, 0.1) is 13.8 Å². The zero-order valence-electron chi connectivity index (χ0n) is 14.5. The van der Waals surface area contributed by atoms with Gasteiger partial charge in [-0.2, -0.15) is 0 Å². The van der Waals surface area contributed by atoms with Crippen LogP contribution in [0.15, 0.2) is 47.4 Å². The number of hydrogen-bond acceptors (Lipinski definition) is 4. The van der Waals surface area contributed by atoms with Crippen molar-refractivity contribution < 1.29 is 13.2 Å². The Kier molecular flexibility index (Phi) is 6.64. The van der Waals surface area contributed by atoms with Crippen molar-refractivity contribution in [1.82, 2.24) is 4.72 Å². The first kappa shape index (κ1) is 19.5. The van der Waals surface area contributed by atoms with Crippen LogP contribution in [0.5, 0.6) is 0 Å². The van der Waals surface area contributed by atoms with Crippen molar-refractivity contribution in [3.05, 3.63) is 59.2 Å². The molecule has 0 saturated heterocycles. The molecule has 0 fully saturated rings. The lowest BCUT2D eigenvalue weighted by Crippen LogP contribution is -2.20. The number of rotatable bonds is 7. The maximum absolute atomic E-state index is 12.1. The number of nitrogens with one attached hydrogen (secondary N) is 2. The van der Waals surface area contributed by atoms with Crippen molar-refractivity contribution >= 4 is 33.4 Å². The normalized spacial score (nSPS) is 11.3. The van der Waals surface area contributed by atoms with Gasteiger partial charge < -0.3 is 5.32 Å². The van der Waals surface area contributed by atoms with Gasteiger partial charge in [0.15, 0.2) is 0 Å². The average molecular weight is 379 g/mol. The van der Waals surface area contributed by atoms with Crippen molar-refractivity contribution in [2.45, 2.75) is 24.5 Å². The fraction of sp³-hybridized carbons (Fsp3) is 0.278. The van der Waals surface area contributed by atoms with Crippen molar-refractivity contribution in [3.8, 4) is 0 Å². The summed E-state index contributed by atoms with van der Waals surface area (Å²) in [4.78, 5) is 12.3. The van der Waals surface area contributed by atoms with E-state index in [0.29, 0.717) is 17.0 Å². The summed E-state index contributed by atoms with van der Waals surface area (Å²) in [6.07, 6.45) is 0. The van der Waals surface area contributed by atoms with Crippen LogP contribution < -0.4 is 10.0 Å². The van der Waals surface area contributed by atoms with Gasteiger partial charge in [0.2, 0.25) is 15.9 Å². The van der Waals surface area contributed by atoms with E-state index in [9.17, 15) is 13.2 Å². The number of carbonyl (C=O) groups is 1. The van der Waals surface area contributed by atoms with Gasteiger partial charge in [-0.1, -0.05) is 35.9 Å². The van der Waals surface area contributed by atoms with Crippen molar-refractivity contribution in [1.29, 1.82) is 0 Å². The first-order valence-electron chi connectivity index (χ1n) is 7.79. The summed E-state index contributed by atoms with van der Waals surface area (Å²) in [5, 5.41) is 2.75. The lowest BCUT2D eigenvalue weighted by molar-refractivity contribution is -0.113. The van der Waals surface area contributed by atoms with Crippen LogP contribution in [0.4, 0.5) is 5.69 Å². The van der Waals surface area contributed by atoms with Gasteiger partial charge in [-0.3, -0.25) is 4.79 Å². The highest BCUT2D eigenvalue weighted by molar-refractivity contribution is 7.99. The smallest absolute Gasteiger partial charge is 0.240 e. The Morgan fingerprint density at radius 3 is 2.56 bits per heavy atom. The summed E-state index contributed by atoms with van der Waals surface area (Å²) in [5.41, 5.74) is 3.47. The predicted octanol–water partition coefficient (Wildman–Crippen LogP) is 3.08. The minimum atomic E-state index is -3.55. The van der Waals surface area contributed by atoms with Crippen LogP contribution in [0.3, 0.4) is 0 Å². The van der Waals surface area contributed by atoms with Crippen LogP contribution >= 0.6 is 11.8 Å². The molecule has 0 aliphatic carbocycles. The topological polar surface area (TPSA) is 75.3 Å². The number of sulfonamides is 1. The van der Waals surface area contributed by atoms with Gasteiger partial charge in [0.25, 0.3) is 0 Å². The van der Waals surface area contributed by atoms with Gasteiger partial charge in [0.1, 0.15) is 0 Å². The molecular weight excluding hydrogens is 356 g/mol. The summed E-state index contributed by atoms with van der Waals surface area (Å²) < 4.78 is 26.3. The Morgan fingerprint density at radius 2 is 1.88 bits per heavy atom. The first-order chi connectivity index (χ1) is 11.8. The number of amides is 1. The number of anilines is 1. The Labute approximate surface area is 153 Å². The molecule has 0 unspecified atom stereocenters. The zero-order chi connectivity index (χ0) is 18.4. The second kappa shape index (κ2) is 8.51. The molecule has 25 heavy (non-hydrogen) atoms. The molecule has 0 aromatic heterocycles. The summed E-state index contributed by atoms with van der Waals surface area (Å²) in [6.45, 7) is 3.75. The predicted molar refractivity (Wildman–Crippen MR) is 103 cm³/mol. The molecule has 5 nitrogen and oxygen atoms in total. The van der Waals surface area contributed by atoms with Crippen LogP contribution in [-0.2, 0) is 20.6 Å². The molecule has 0 radical (unpaired) electrons. The number of carbonyl (C=O) groups excluding carboxylic acids is 1. The minimum Gasteiger partial charge on any atom is -0.325 e. The second-order valence-electron chi connectivity index (χ2n) is 5.72. The summed E-state index contributed by atoms with van der Waals surface area (Å²) in [6, 6.07) is 13.0. The fourth-order valence-electron chi connectivity index (χ4n) is 2.34. The van der Waals surface area contributed by atoms with Gasteiger partial charge in [-0.05, 0) is 44.2 Å². The maximum atomic E-state index is 12.1. The third-order valence-electron chi connectivity index (χ3n) is 3.61. The van der Waals surface area contributed by atoms with Crippen LogP contribution in [-0.4, -0.2) is 27.1 Å². The zero-order valence-corrected chi connectivity index (χ0v) is 16.1. The van der Waals surface area contributed by atoms with E-state index in [1.54, 1.807) is 19.1 Å². The SMILES string of the molecule is CNS(=O)(=O)c1cc(NC(=O)CSCc2cccc(C)c2)ccc1C. The van der Waals surface area contributed by atoms with Crippen molar-refractivity contribution in [2.75, 3.05) is 18.1 Å². The monoisotopic (exact) mass is 378 g/mol. The average Bonchev–Trinajstić information content (AvgIpc) is 2.56. The Balaban J connectivity index is 1.95. The summed E-state index contributed by atoms with van der Waals surface area (Å²) >= 11 is 1.52. The fourth-order valence-corrected chi connectivity index (χ4v) is 4.11. The lowest BCUT2D eigenvalue weighted by atomic mass is 10.2. The van der Waals surface area contributed by atoms with E-state index in [4.69, 9.17) is 0 Å². The van der Waals surface area contributed by atoms with Crippen molar-refractivity contribution in [2.24, 2.45) is 0 Å². The minimum absolute atomic E-state index is 0.158. The Morgan fingerprint density at radius 1 is 1.12 bits per heavy atom. The van der Waals surface area contributed by atoms with Crippen LogP contribution in [0.2, 0.25) is 0 Å². The highest BCUT2D eigenvalue weighted by Crippen LogP contribution is 2.20. The molecule has 2 aromatic carbocycles. The molecule has 1 amide bonds. The number of benzene rings is 2. The number of aryl methyl sites for hydroxylation is 2. The van der Waals surface area contributed by atoms with Gasteiger partial charge in [-0.15, -0.1) is 11.8 Å². The molecule has 0 spiro atoms. The third kappa shape index (κ3) is 5.59. The lowest BCUT2D eigenvalue weighted by Gasteiger charge is -2.10. The highest BCUT2D eigenvalue weighted by atomic mass is 32.2. The molecule has 0 aliphatic heterocycles. The quantitative estimate of drug-likeness (QED) is 0.776. The molecule has 2 aromatic rings. The molecule has 0 heterocycles. The second-order valence-corrected chi connectivity index (χ2v) is 8.56. The molecule has 0 atom stereocenters. The largest absolute Gasteiger partial charge is 0.325 e. The van der Waals surface area contributed by atoms with E-state index < -0.39 is 10.0 Å². The molecule has 0 bridgehead atoms. The maximum Gasteiger partial charge on any atom is 0.240 e. The van der Waals surface area contributed by atoms with Crippen LogP contribution in [0.1, 0.15) is 16.7 Å². The standard InChI is InChI=1S/C18H22N2O3S2/c1-13-5-4-6-15(9-13)11-24-12-18(21)20-16-8-7-14(2)17(10-16)25(22,23)19-3/h4-10,19H,11-12H2,1-3H3,(H,20,21). The molecule has 0 saturated carbocycles. The van der Waals surface area contributed by atoms with E-state index in [1.165, 1.54) is 36.0 Å². The molecular formula is C18H22N2O3S2. The number of hydrogen-bond donors (Lipinski definition) is 2. The highest BCUT2D eigenvalue weighted by Gasteiger charge is 2.15. The van der Waals surface area contributed by atoms with Crippen LogP contribution in [0.25, 0.3) is 0 Å². The van der Waals surface area contributed by atoms with Crippen molar-refractivity contribution in [3.63, 3.8) is 0 Å². The summed E-state index contributed by atoms with van der Waals surface area (Å²) in [7, 11) is -2.19. The van der Waals surface area contributed by atoms with E-state index in [2.05, 4.69) is 16.1 Å². The molecule has 134 valence electrons. The number of thioether (sulfide) groups is 1.